The highest BCUT2D eigenvalue weighted by Gasteiger charge is 2.37. The van der Waals surface area contributed by atoms with Gasteiger partial charge in [-0.05, 0) is 86.9 Å². The molecule has 10 heteroatoms. The molecule has 1 saturated heterocycles. The Balaban J connectivity index is 1.67. The zero-order chi connectivity index (χ0) is 26.7. The number of hydrogen-bond donors (Lipinski definition) is 1. The minimum atomic E-state index is -4.09. The van der Waals surface area contributed by atoms with Crippen molar-refractivity contribution in [2.24, 2.45) is 5.92 Å². The fourth-order valence-electron chi connectivity index (χ4n) is 4.63. The number of nitrogens with zero attached hydrogens (tertiary/aromatic N) is 2. The summed E-state index contributed by atoms with van der Waals surface area (Å²) < 4.78 is 40.4. The van der Waals surface area contributed by atoms with Crippen molar-refractivity contribution in [1.82, 2.24) is 4.90 Å². The summed E-state index contributed by atoms with van der Waals surface area (Å²) in [5.41, 5.74) is 1.41. The van der Waals surface area contributed by atoms with Gasteiger partial charge in [-0.1, -0.05) is 0 Å². The SMILES string of the molecule is Cc1cc(C(=O)N(C)C)ccc1N(C1CCC1)S(=O)(=O)c1ccc(OCC2CCOCC2)c(C(=O)O)c1. The summed E-state index contributed by atoms with van der Waals surface area (Å²) in [6.07, 6.45) is 3.99. The maximum absolute atomic E-state index is 13.9. The molecule has 1 saturated carbocycles. The number of carbonyl (C=O) groups excluding carboxylic acids is 1. The molecule has 1 amide bonds. The van der Waals surface area contributed by atoms with E-state index in [-0.39, 0.29) is 34.1 Å². The smallest absolute Gasteiger partial charge is 0.339 e. The van der Waals surface area contributed by atoms with Crippen molar-refractivity contribution in [3.8, 4) is 5.75 Å². The molecule has 37 heavy (non-hydrogen) atoms. The van der Waals surface area contributed by atoms with E-state index >= 15 is 0 Å². The van der Waals surface area contributed by atoms with Gasteiger partial charge in [-0.15, -0.1) is 0 Å². The molecule has 4 rings (SSSR count). The number of aromatic carboxylic acids is 1. The third kappa shape index (κ3) is 5.75. The van der Waals surface area contributed by atoms with Crippen LogP contribution in [0.2, 0.25) is 0 Å². The highest BCUT2D eigenvalue weighted by atomic mass is 32.2. The second-order valence-electron chi connectivity index (χ2n) is 9.92. The summed E-state index contributed by atoms with van der Waals surface area (Å²) in [6, 6.07) is 8.76. The summed E-state index contributed by atoms with van der Waals surface area (Å²) in [4.78, 5) is 25.8. The summed E-state index contributed by atoms with van der Waals surface area (Å²) in [5, 5.41) is 9.84. The normalized spacial score (nSPS) is 16.6. The minimum Gasteiger partial charge on any atom is -0.492 e. The third-order valence-electron chi connectivity index (χ3n) is 7.05. The first-order valence-corrected chi connectivity index (χ1v) is 14.0. The van der Waals surface area contributed by atoms with Crippen LogP contribution in [0, 0.1) is 12.8 Å². The van der Waals surface area contributed by atoms with Gasteiger partial charge in [-0.2, -0.15) is 0 Å². The molecular weight excluding hydrogens is 496 g/mol. The molecule has 1 aliphatic carbocycles. The van der Waals surface area contributed by atoms with Crippen molar-refractivity contribution in [2.75, 3.05) is 38.2 Å². The number of carbonyl (C=O) groups is 2. The lowest BCUT2D eigenvalue weighted by atomic mass is 9.92. The van der Waals surface area contributed by atoms with Gasteiger partial charge in [0.15, 0.2) is 0 Å². The molecule has 0 unspecified atom stereocenters. The molecule has 0 aromatic heterocycles. The molecule has 0 spiro atoms. The second kappa shape index (κ2) is 11.1. The number of benzene rings is 2. The molecule has 2 fully saturated rings. The number of anilines is 1. The van der Waals surface area contributed by atoms with Crippen molar-refractivity contribution in [3.63, 3.8) is 0 Å². The predicted molar refractivity (Wildman–Crippen MR) is 139 cm³/mol. The molecule has 0 atom stereocenters. The van der Waals surface area contributed by atoms with E-state index in [4.69, 9.17) is 9.47 Å². The van der Waals surface area contributed by atoms with Crippen molar-refractivity contribution < 1.29 is 32.6 Å². The van der Waals surface area contributed by atoms with Crippen molar-refractivity contribution in [2.45, 2.75) is 50.0 Å². The van der Waals surface area contributed by atoms with Crippen molar-refractivity contribution in [3.05, 3.63) is 53.1 Å². The Hall–Kier alpha value is -3.11. The quantitative estimate of drug-likeness (QED) is 0.522. The number of hydrogen-bond acceptors (Lipinski definition) is 6. The molecule has 2 aromatic carbocycles. The Bertz CT molecular complexity index is 1270. The number of rotatable bonds is 9. The highest BCUT2D eigenvalue weighted by Crippen LogP contribution is 2.37. The highest BCUT2D eigenvalue weighted by molar-refractivity contribution is 7.92. The topological polar surface area (TPSA) is 113 Å². The zero-order valence-corrected chi connectivity index (χ0v) is 22.3. The van der Waals surface area contributed by atoms with Crippen LogP contribution in [0.15, 0.2) is 41.3 Å². The first-order chi connectivity index (χ1) is 17.6. The van der Waals surface area contributed by atoms with Crippen LogP contribution < -0.4 is 9.04 Å². The Morgan fingerprint density at radius 1 is 1.05 bits per heavy atom. The average Bonchev–Trinajstić information content (AvgIpc) is 2.84. The second-order valence-corrected chi connectivity index (χ2v) is 11.7. The Kier molecular flexibility index (Phi) is 8.08. The van der Waals surface area contributed by atoms with Crippen LogP contribution in [0.5, 0.6) is 5.75 Å². The molecule has 2 aliphatic rings. The van der Waals surface area contributed by atoms with E-state index in [0.717, 1.165) is 19.3 Å². The van der Waals surface area contributed by atoms with Gasteiger partial charge in [-0.3, -0.25) is 9.10 Å². The van der Waals surface area contributed by atoms with E-state index in [2.05, 4.69) is 0 Å². The van der Waals surface area contributed by atoms with Crippen LogP contribution in [0.4, 0.5) is 5.69 Å². The fraction of sp³-hybridized carbons (Fsp3) is 0.481. The van der Waals surface area contributed by atoms with Crippen LogP contribution in [0.1, 0.15) is 58.4 Å². The molecule has 1 aliphatic heterocycles. The van der Waals surface area contributed by atoms with Gasteiger partial charge in [-0.25, -0.2) is 13.2 Å². The molecule has 1 heterocycles. The molecule has 1 N–H and O–H groups in total. The lowest BCUT2D eigenvalue weighted by Crippen LogP contribution is -2.44. The molecule has 0 radical (unpaired) electrons. The van der Waals surface area contributed by atoms with Gasteiger partial charge in [0, 0.05) is 38.9 Å². The van der Waals surface area contributed by atoms with Gasteiger partial charge >= 0.3 is 5.97 Å². The monoisotopic (exact) mass is 530 g/mol. The van der Waals surface area contributed by atoms with E-state index in [9.17, 15) is 23.1 Å². The maximum atomic E-state index is 13.9. The van der Waals surface area contributed by atoms with Gasteiger partial charge < -0.3 is 19.5 Å². The number of carboxylic acids is 1. The summed E-state index contributed by atoms with van der Waals surface area (Å²) in [6.45, 7) is 3.43. The first kappa shape index (κ1) is 26.9. The molecule has 9 nitrogen and oxygen atoms in total. The predicted octanol–water partition coefficient (Wildman–Crippen LogP) is 3.95. The van der Waals surface area contributed by atoms with E-state index in [1.54, 1.807) is 39.2 Å². The Labute approximate surface area is 218 Å². The average molecular weight is 531 g/mol. The number of ether oxygens (including phenoxy) is 2. The maximum Gasteiger partial charge on any atom is 0.339 e. The van der Waals surface area contributed by atoms with Crippen molar-refractivity contribution in [1.29, 1.82) is 0 Å². The minimum absolute atomic E-state index is 0.108. The van der Waals surface area contributed by atoms with Crippen LogP contribution >= 0.6 is 0 Å². The largest absolute Gasteiger partial charge is 0.492 e. The molecule has 2 aromatic rings. The number of amides is 1. The standard InChI is InChI=1S/C27H34N2O7S/c1-18-15-20(26(30)28(2)3)7-9-24(18)29(21-5-4-6-21)37(33,34)22-8-10-25(23(16-22)27(31)32)36-17-19-11-13-35-14-12-19/h7-10,15-16,19,21H,4-6,11-14,17H2,1-3H3,(H,31,32). The Morgan fingerprint density at radius 3 is 2.32 bits per heavy atom. The van der Waals surface area contributed by atoms with Crippen molar-refractivity contribution >= 4 is 27.6 Å². The van der Waals surface area contributed by atoms with E-state index in [1.165, 1.54) is 27.4 Å². The third-order valence-corrected chi connectivity index (χ3v) is 8.91. The fourth-order valence-corrected chi connectivity index (χ4v) is 6.44. The number of aryl methyl sites for hydroxylation is 1. The lowest BCUT2D eigenvalue weighted by Gasteiger charge is -2.39. The summed E-state index contributed by atoms with van der Waals surface area (Å²) in [7, 11) is -0.771. The number of carboxylic acid groups (broad SMARTS) is 1. The number of sulfonamides is 1. The summed E-state index contributed by atoms with van der Waals surface area (Å²) in [5.74, 6) is -1.01. The van der Waals surface area contributed by atoms with Crippen LogP contribution in [0.3, 0.4) is 0 Å². The van der Waals surface area contributed by atoms with Crippen LogP contribution in [-0.4, -0.2) is 70.3 Å². The molecule has 0 bridgehead atoms. The summed E-state index contributed by atoms with van der Waals surface area (Å²) >= 11 is 0. The van der Waals surface area contributed by atoms with E-state index < -0.39 is 16.0 Å². The lowest BCUT2D eigenvalue weighted by molar-refractivity contribution is 0.0490. The van der Waals surface area contributed by atoms with Crippen LogP contribution in [-0.2, 0) is 14.8 Å². The van der Waals surface area contributed by atoms with Gasteiger partial charge in [0.05, 0.1) is 17.2 Å². The van der Waals surface area contributed by atoms with Gasteiger partial charge in [0.2, 0.25) is 0 Å². The van der Waals surface area contributed by atoms with Gasteiger partial charge in [0.1, 0.15) is 11.3 Å². The van der Waals surface area contributed by atoms with E-state index in [0.29, 0.717) is 49.5 Å². The van der Waals surface area contributed by atoms with Gasteiger partial charge in [0.25, 0.3) is 15.9 Å². The zero-order valence-electron chi connectivity index (χ0n) is 21.5. The van der Waals surface area contributed by atoms with E-state index in [1.807, 2.05) is 0 Å². The molecule has 200 valence electrons. The first-order valence-electron chi connectivity index (χ1n) is 12.5. The van der Waals surface area contributed by atoms with Crippen LogP contribution in [0.25, 0.3) is 0 Å². The Morgan fingerprint density at radius 2 is 1.76 bits per heavy atom. The molecular formula is C27H34N2O7S.